The quantitative estimate of drug-likeness (QED) is 0.840. The Balaban J connectivity index is 2.63. The van der Waals surface area contributed by atoms with E-state index in [0.29, 0.717) is 11.7 Å². The number of carbonyl (C=O) groups is 2. The van der Waals surface area contributed by atoms with Crippen molar-refractivity contribution in [3.8, 4) is 5.75 Å². The summed E-state index contributed by atoms with van der Waals surface area (Å²) >= 11 is 0. The molecule has 1 atom stereocenters. The highest BCUT2D eigenvalue weighted by molar-refractivity contribution is 5.88. The third kappa shape index (κ3) is 5.21. The van der Waals surface area contributed by atoms with Crippen molar-refractivity contribution in [3.63, 3.8) is 0 Å². The molecular weight excluding hydrogens is 266 g/mol. The van der Waals surface area contributed by atoms with Crippen LogP contribution in [-0.2, 0) is 9.59 Å². The molecule has 0 aliphatic rings. The number of carbonyl (C=O) groups excluding carboxylic acids is 2. The molecule has 0 aliphatic carbocycles. The summed E-state index contributed by atoms with van der Waals surface area (Å²) in [5.41, 5.74) is 1.07. The van der Waals surface area contributed by atoms with Crippen LogP contribution in [0.1, 0.15) is 46.1 Å². The lowest BCUT2D eigenvalue weighted by Crippen LogP contribution is -2.45. The van der Waals surface area contributed by atoms with Gasteiger partial charge in [0.1, 0.15) is 5.75 Å². The van der Waals surface area contributed by atoms with Gasteiger partial charge in [-0.1, -0.05) is 45.9 Å². The van der Waals surface area contributed by atoms with E-state index >= 15 is 0 Å². The van der Waals surface area contributed by atoms with Crippen LogP contribution in [-0.4, -0.2) is 24.3 Å². The molecule has 1 rings (SSSR count). The van der Waals surface area contributed by atoms with Gasteiger partial charge in [0.05, 0.1) is 6.04 Å². The minimum absolute atomic E-state index is 0.0408. The number of para-hydroxylation sites is 1. The van der Waals surface area contributed by atoms with Crippen molar-refractivity contribution in [1.82, 2.24) is 5.32 Å². The Bertz CT molecular complexity index is 495. The van der Waals surface area contributed by atoms with Crippen molar-refractivity contribution in [3.05, 3.63) is 29.8 Å². The second kappa shape index (κ2) is 7.81. The lowest BCUT2D eigenvalue weighted by molar-refractivity contribution is -0.129. The number of ether oxygens (including phenoxy) is 1. The van der Waals surface area contributed by atoms with Gasteiger partial charge in [-0.05, 0) is 30.4 Å². The van der Waals surface area contributed by atoms with E-state index in [4.69, 9.17) is 4.74 Å². The van der Waals surface area contributed by atoms with Gasteiger partial charge >= 0.3 is 0 Å². The average Bonchev–Trinajstić information content (AvgIpc) is 2.42. The van der Waals surface area contributed by atoms with Crippen LogP contribution in [0.25, 0.3) is 0 Å². The molecule has 1 unspecified atom stereocenters. The number of hydrogen-bond donors (Lipinski definition) is 1. The molecule has 0 fully saturated rings. The Morgan fingerprint density at radius 2 is 1.76 bits per heavy atom. The van der Waals surface area contributed by atoms with Gasteiger partial charge in [0.25, 0.3) is 5.91 Å². The second-order valence-electron chi connectivity index (χ2n) is 5.88. The zero-order chi connectivity index (χ0) is 16.0. The molecule has 0 bridgehead atoms. The van der Waals surface area contributed by atoms with Crippen molar-refractivity contribution in [2.24, 2.45) is 5.92 Å². The zero-order valence-corrected chi connectivity index (χ0v) is 13.5. The molecule has 4 nitrogen and oxygen atoms in total. The molecule has 0 saturated carbocycles. The van der Waals surface area contributed by atoms with E-state index < -0.39 is 6.04 Å². The zero-order valence-electron chi connectivity index (χ0n) is 13.5. The van der Waals surface area contributed by atoms with Gasteiger partial charge in [-0.2, -0.15) is 0 Å². The first kappa shape index (κ1) is 17.2. The van der Waals surface area contributed by atoms with Gasteiger partial charge in [-0.15, -0.1) is 0 Å². The number of amides is 1. The summed E-state index contributed by atoms with van der Waals surface area (Å²) in [6.07, 6.45) is 0. The highest BCUT2D eigenvalue weighted by atomic mass is 16.5. The smallest absolute Gasteiger partial charge is 0.258 e. The normalized spacial score (nSPS) is 12.3. The third-order valence-electron chi connectivity index (χ3n) is 3.32. The van der Waals surface area contributed by atoms with Gasteiger partial charge in [0.15, 0.2) is 12.4 Å². The van der Waals surface area contributed by atoms with E-state index in [-0.39, 0.29) is 24.2 Å². The first-order valence-corrected chi connectivity index (χ1v) is 7.34. The minimum atomic E-state index is -0.457. The predicted octanol–water partition coefficient (Wildman–Crippen LogP) is 2.92. The Morgan fingerprint density at radius 3 is 2.29 bits per heavy atom. The molecule has 0 spiro atoms. The van der Waals surface area contributed by atoms with Crippen LogP contribution in [0.5, 0.6) is 5.75 Å². The predicted molar refractivity (Wildman–Crippen MR) is 83.5 cm³/mol. The maximum Gasteiger partial charge on any atom is 0.258 e. The van der Waals surface area contributed by atoms with E-state index in [1.54, 1.807) is 0 Å². The van der Waals surface area contributed by atoms with E-state index in [0.717, 1.165) is 5.56 Å². The van der Waals surface area contributed by atoms with Crippen molar-refractivity contribution in [2.75, 3.05) is 6.61 Å². The fourth-order valence-corrected chi connectivity index (χ4v) is 2.19. The number of ketones is 1. The number of Topliss-reactive ketones (excluding diaryl/α,β-unsaturated/α-hetero) is 1. The maximum atomic E-state index is 11.9. The number of nitrogens with one attached hydrogen (secondary N) is 1. The van der Waals surface area contributed by atoms with Crippen LogP contribution in [0.3, 0.4) is 0 Å². The summed E-state index contributed by atoms with van der Waals surface area (Å²) in [6, 6.07) is 7.22. The lowest BCUT2D eigenvalue weighted by Gasteiger charge is -2.20. The second-order valence-corrected chi connectivity index (χ2v) is 5.88. The lowest BCUT2D eigenvalue weighted by atomic mass is 10.0. The monoisotopic (exact) mass is 291 g/mol. The molecule has 116 valence electrons. The van der Waals surface area contributed by atoms with E-state index in [9.17, 15) is 9.59 Å². The Labute approximate surface area is 126 Å². The van der Waals surface area contributed by atoms with E-state index in [2.05, 4.69) is 19.2 Å². The van der Waals surface area contributed by atoms with Crippen molar-refractivity contribution in [1.29, 1.82) is 0 Å². The molecule has 4 heteroatoms. The highest BCUT2D eigenvalue weighted by Gasteiger charge is 2.20. The maximum absolute atomic E-state index is 11.9. The molecule has 0 aliphatic heterocycles. The largest absolute Gasteiger partial charge is 0.483 e. The summed E-state index contributed by atoms with van der Waals surface area (Å²) < 4.78 is 5.60. The molecule has 1 aromatic rings. The van der Waals surface area contributed by atoms with Gasteiger partial charge in [0, 0.05) is 0 Å². The molecule has 1 amide bonds. The van der Waals surface area contributed by atoms with Crippen LogP contribution in [0.4, 0.5) is 0 Å². The third-order valence-corrected chi connectivity index (χ3v) is 3.32. The Morgan fingerprint density at radius 1 is 1.14 bits per heavy atom. The van der Waals surface area contributed by atoms with E-state index in [1.165, 1.54) is 6.92 Å². The topological polar surface area (TPSA) is 55.4 Å². The molecule has 21 heavy (non-hydrogen) atoms. The molecule has 0 aromatic heterocycles. The molecule has 1 aromatic carbocycles. The number of benzene rings is 1. The van der Waals surface area contributed by atoms with Crippen LogP contribution >= 0.6 is 0 Å². The van der Waals surface area contributed by atoms with Gasteiger partial charge in [0.2, 0.25) is 0 Å². The summed E-state index contributed by atoms with van der Waals surface area (Å²) in [7, 11) is 0. The fourth-order valence-electron chi connectivity index (χ4n) is 2.19. The van der Waals surface area contributed by atoms with Crippen molar-refractivity contribution in [2.45, 2.75) is 46.6 Å². The van der Waals surface area contributed by atoms with Gasteiger partial charge in [-0.3, -0.25) is 9.59 Å². The van der Waals surface area contributed by atoms with Crippen molar-refractivity contribution < 1.29 is 14.3 Å². The average molecular weight is 291 g/mol. The Kier molecular flexibility index (Phi) is 6.40. The first-order chi connectivity index (χ1) is 9.82. The summed E-state index contributed by atoms with van der Waals surface area (Å²) in [4.78, 5) is 23.4. The van der Waals surface area contributed by atoms with Gasteiger partial charge in [-0.25, -0.2) is 0 Å². The first-order valence-electron chi connectivity index (χ1n) is 7.34. The van der Waals surface area contributed by atoms with Crippen LogP contribution in [0.2, 0.25) is 0 Å². The fraction of sp³-hybridized carbons (Fsp3) is 0.529. The molecular formula is C17H25NO3. The van der Waals surface area contributed by atoms with Crippen LogP contribution in [0, 0.1) is 5.92 Å². The standard InChI is InChI=1S/C17H25NO3/c1-11(2)14-8-6-7-9-15(14)21-10-16(20)18-17(12(3)4)13(5)19/h6-9,11-12,17H,10H2,1-5H3,(H,18,20). The van der Waals surface area contributed by atoms with Gasteiger partial charge < -0.3 is 10.1 Å². The summed E-state index contributed by atoms with van der Waals surface area (Å²) in [5, 5.41) is 2.72. The SMILES string of the molecule is CC(=O)C(NC(=O)COc1ccccc1C(C)C)C(C)C. The summed E-state index contributed by atoms with van der Waals surface area (Å²) in [6.45, 7) is 9.36. The van der Waals surface area contributed by atoms with Crippen LogP contribution < -0.4 is 10.1 Å². The number of hydrogen-bond acceptors (Lipinski definition) is 3. The molecule has 0 heterocycles. The highest BCUT2D eigenvalue weighted by Crippen LogP contribution is 2.25. The Hall–Kier alpha value is -1.84. The van der Waals surface area contributed by atoms with Crippen LogP contribution in [0.15, 0.2) is 24.3 Å². The van der Waals surface area contributed by atoms with E-state index in [1.807, 2.05) is 38.1 Å². The molecule has 0 saturated heterocycles. The molecule has 1 N–H and O–H groups in total. The number of rotatable bonds is 7. The van der Waals surface area contributed by atoms with Crippen molar-refractivity contribution >= 4 is 11.7 Å². The summed E-state index contributed by atoms with van der Waals surface area (Å²) in [5.74, 6) is 0.786. The molecule has 0 radical (unpaired) electrons. The minimum Gasteiger partial charge on any atom is -0.483 e.